The van der Waals surface area contributed by atoms with Crippen LogP contribution in [0.25, 0.3) is 16.5 Å². The van der Waals surface area contributed by atoms with Gasteiger partial charge < -0.3 is 10.3 Å². The van der Waals surface area contributed by atoms with Gasteiger partial charge in [0.05, 0.1) is 9.82 Å². The van der Waals surface area contributed by atoms with Crippen LogP contribution in [-0.2, 0) is 4.79 Å². The molecule has 33 heavy (non-hydrogen) atoms. The van der Waals surface area contributed by atoms with E-state index in [2.05, 4.69) is 30.7 Å². The Morgan fingerprint density at radius 3 is 2.61 bits per heavy atom. The van der Waals surface area contributed by atoms with E-state index < -0.39 is 10.8 Å². The minimum absolute atomic E-state index is 0.0567. The Balaban J connectivity index is 1.58. The number of nitro benzene ring substituents is 1. The number of H-pyrrole nitrogens is 1. The molecule has 0 saturated heterocycles. The van der Waals surface area contributed by atoms with E-state index in [9.17, 15) is 14.9 Å². The molecule has 1 heterocycles. The van der Waals surface area contributed by atoms with Gasteiger partial charge >= 0.3 is 0 Å². The molecule has 0 aliphatic rings. The van der Waals surface area contributed by atoms with Crippen LogP contribution in [0.1, 0.15) is 30.9 Å². The molecule has 7 heteroatoms. The summed E-state index contributed by atoms with van der Waals surface area (Å²) in [5.41, 5.74) is 3.23. The van der Waals surface area contributed by atoms with Crippen LogP contribution in [0.5, 0.6) is 0 Å². The summed E-state index contributed by atoms with van der Waals surface area (Å²) in [5.74, 6) is -0.120. The fourth-order valence-electron chi connectivity index (χ4n) is 3.57. The third-order valence-electron chi connectivity index (χ3n) is 5.35. The molecule has 0 saturated carbocycles. The summed E-state index contributed by atoms with van der Waals surface area (Å²) in [6.45, 7) is 8.06. The van der Waals surface area contributed by atoms with Gasteiger partial charge in [-0.2, -0.15) is 0 Å². The molecule has 4 aromatic rings. The Labute approximate surface area is 195 Å². The third kappa shape index (κ3) is 4.83. The first-order valence-corrected chi connectivity index (χ1v) is 11.3. The molecule has 0 bridgehead atoms. The van der Waals surface area contributed by atoms with Crippen molar-refractivity contribution in [3.05, 3.63) is 101 Å². The number of benzene rings is 3. The van der Waals surface area contributed by atoms with Crippen LogP contribution in [-0.4, -0.2) is 15.8 Å². The van der Waals surface area contributed by atoms with Crippen molar-refractivity contribution in [1.82, 2.24) is 4.98 Å². The molecule has 0 aliphatic heterocycles. The van der Waals surface area contributed by atoms with Crippen molar-refractivity contribution in [3.8, 4) is 0 Å². The molecular weight excluding hydrogens is 434 g/mol. The number of fused-ring (bicyclic) bond motifs is 1. The standard InChI is InChI=1S/C26H23N3O3S/c1-16(2)21-6-4-5-7-24(21)33-25-11-8-18(15-23(25)29(31)32)17(3)26(30)28-20-9-10-22-19(14-20)12-13-27-22/h4-16,27H,3H2,1-2H3,(H,28,30). The summed E-state index contributed by atoms with van der Waals surface area (Å²) in [4.78, 5) is 28.8. The molecular formula is C26H23N3O3S. The molecule has 166 valence electrons. The number of hydrogen-bond acceptors (Lipinski definition) is 4. The molecule has 0 unspecified atom stereocenters. The van der Waals surface area contributed by atoms with Gasteiger partial charge in [-0.25, -0.2) is 0 Å². The lowest BCUT2D eigenvalue weighted by Gasteiger charge is -2.13. The van der Waals surface area contributed by atoms with Crippen LogP contribution in [0, 0.1) is 10.1 Å². The highest BCUT2D eigenvalue weighted by molar-refractivity contribution is 7.99. The van der Waals surface area contributed by atoms with Crippen molar-refractivity contribution < 1.29 is 9.72 Å². The zero-order valence-corrected chi connectivity index (χ0v) is 19.1. The van der Waals surface area contributed by atoms with Crippen LogP contribution in [0.3, 0.4) is 0 Å². The first-order valence-electron chi connectivity index (χ1n) is 10.5. The average molecular weight is 458 g/mol. The molecule has 2 N–H and O–H groups in total. The maximum atomic E-state index is 12.8. The summed E-state index contributed by atoms with van der Waals surface area (Å²) in [6.07, 6.45) is 1.83. The summed E-state index contributed by atoms with van der Waals surface area (Å²) in [7, 11) is 0. The number of nitrogens with zero attached hydrogens (tertiary/aromatic N) is 1. The molecule has 4 rings (SSSR count). The molecule has 0 spiro atoms. The number of amides is 1. The Morgan fingerprint density at radius 2 is 1.85 bits per heavy atom. The van der Waals surface area contributed by atoms with Gasteiger partial charge in [-0.1, -0.05) is 56.5 Å². The number of aromatic amines is 1. The Hall–Kier alpha value is -3.84. The molecule has 1 aromatic heterocycles. The predicted molar refractivity (Wildman–Crippen MR) is 134 cm³/mol. The minimum Gasteiger partial charge on any atom is -0.361 e. The summed E-state index contributed by atoms with van der Waals surface area (Å²) < 4.78 is 0. The lowest BCUT2D eigenvalue weighted by Crippen LogP contribution is -2.13. The molecule has 6 nitrogen and oxygen atoms in total. The van der Waals surface area contributed by atoms with E-state index in [-0.39, 0.29) is 11.3 Å². The summed E-state index contributed by atoms with van der Waals surface area (Å²) in [5, 5.41) is 15.6. The van der Waals surface area contributed by atoms with Crippen molar-refractivity contribution in [3.63, 3.8) is 0 Å². The third-order valence-corrected chi connectivity index (χ3v) is 6.51. The van der Waals surface area contributed by atoms with Gasteiger partial charge in [0.25, 0.3) is 11.6 Å². The second-order valence-corrected chi connectivity index (χ2v) is 9.03. The Bertz CT molecular complexity index is 1370. The second kappa shape index (κ2) is 9.34. The highest BCUT2D eigenvalue weighted by Gasteiger charge is 2.20. The zero-order chi connectivity index (χ0) is 23.5. The maximum Gasteiger partial charge on any atom is 0.283 e. The van der Waals surface area contributed by atoms with Gasteiger partial charge in [-0.3, -0.25) is 14.9 Å². The first-order chi connectivity index (χ1) is 15.8. The average Bonchev–Trinajstić information content (AvgIpc) is 3.27. The number of anilines is 1. The molecule has 0 aliphatic carbocycles. The summed E-state index contributed by atoms with van der Waals surface area (Å²) in [6, 6.07) is 20.1. The van der Waals surface area contributed by atoms with E-state index in [1.807, 2.05) is 48.7 Å². The molecule has 0 radical (unpaired) electrons. The van der Waals surface area contributed by atoms with E-state index in [1.54, 1.807) is 18.2 Å². The van der Waals surface area contributed by atoms with E-state index in [0.717, 1.165) is 21.4 Å². The van der Waals surface area contributed by atoms with Crippen molar-refractivity contribution in [2.75, 3.05) is 5.32 Å². The van der Waals surface area contributed by atoms with Crippen LogP contribution in [0.2, 0.25) is 0 Å². The van der Waals surface area contributed by atoms with Gasteiger partial charge in [0.15, 0.2) is 0 Å². The normalized spacial score (nSPS) is 11.0. The predicted octanol–water partition coefficient (Wildman–Crippen LogP) is 7.00. The number of rotatable bonds is 7. The Kier molecular flexibility index (Phi) is 6.33. The van der Waals surface area contributed by atoms with Gasteiger partial charge in [0.2, 0.25) is 0 Å². The number of nitro groups is 1. The van der Waals surface area contributed by atoms with E-state index in [1.165, 1.54) is 17.8 Å². The van der Waals surface area contributed by atoms with Crippen LogP contribution >= 0.6 is 11.8 Å². The summed E-state index contributed by atoms with van der Waals surface area (Å²) >= 11 is 1.36. The van der Waals surface area contributed by atoms with Crippen molar-refractivity contribution in [2.24, 2.45) is 0 Å². The van der Waals surface area contributed by atoms with E-state index >= 15 is 0 Å². The number of carbonyl (C=O) groups excluding carboxylic acids is 1. The Morgan fingerprint density at radius 1 is 1.06 bits per heavy atom. The van der Waals surface area contributed by atoms with E-state index in [0.29, 0.717) is 22.1 Å². The smallest absolute Gasteiger partial charge is 0.283 e. The van der Waals surface area contributed by atoms with Gasteiger partial charge in [-0.05, 0) is 53.4 Å². The molecule has 1 amide bonds. The monoisotopic (exact) mass is 457 g/mol. The lowest BCUT2D eigenvalue weighted by molar-refractivity contribution is -0.387. The van der Waals surface area contributed by atoms with Crippen LogP contribution in [0.15, 0.2) is 89.3 Å². The highest BCUT2D eigenvalue weighted by Crippen LogP contribution is 2.39. The number of nitrogens with one attached hydrogen (secondary N) is 2. The lowest BCUT2D eigenvalue weighted by atomic mass is 10.0. The number of hydrogen-bond donors (Lipinski definition) is 2. The maximum absolute atomic E-state index is 12.8. The van der Waals surface area contributed by atoms with Crippen LogP contribution in [0.4, 0.5) is 11.4 Å². The molecule has 3 aromatic carbocycles. The van der Waals surface area contributed by atoms with Gasteiger partial charge in [0.1, 0.15) is 0 Å². The largest absolute Gasteiger partial charge is 0.361 e. The first kappa shape index (κ1) is 22.4. The SMILES string of the molecule is C=C(C(=O)Nc1ccc2[nH]ccc2c1)c1ccc(Sc2ccccc2C(C)C)c([N+](=O)[O-])c1. The fraction of sp³-hybridized carbons (Fsp3) is 0.115. The number of carbonyl (C=O) groups is 1. The van der Waals surface area contributed by atoms with Crippen molar-refractivity contribution in [2.45, 2.75) is 29.6 Å². The van der Waals surface area contributed by atoms with Crippen molar-refractivity contribution in [1.29, 1.82) is 0 Å². The topological polar surface area (TPSA) is 88.0 Å². The second-order valence-electron chi connectivity index (χ2n) is 7.95. The van der Waals surface area contributed by atoms with Gasteiger partial charge in [0, 0.05) is 39.3 Å². The van der Waals surface area contributed by atoms with Gasteiger partial charge in [-0.15, -0.1) is 0 Å². The quantitative estimate of drug-likeness (QED) is 0.178. The minimum atomic E-state index is -0.422. The zero-order valence-electron chi connectivity index (χ0n) is 18.3. The fourth-order valence-corrected chi connectivity index (χ4v) is 4.75. The highest BCUT2D eigenvalue weighted by atomic mass is 32.2. The van der Waals surface area contributed by atoms with E-state index in [4.69, 9.17) is 0 Å². The molecule has 0 fully saturated rings. The molecule has 0 atom stereocenters. The number of aromatic nitrogens is 1. The van der Waals surface area contributed by atoms with Crippen LogP contribution < -0.4 is 5.32 Å². The van der Waals surface area contributed by atoms with Crippen molar-refractivity contribution >= 4 is 45.5 Å².